The minimum absolute atomic E-state index is 0.0138. The number of aryl methyl sites for hydroxylation is 1. The van der Waals surface area contributed by atoms with Crippen LogP contribution in [0.15, 0.2) is 41.3 Å². The van der Waals surface area contributed by atoms with E-state index in [4.69, 9.17) is 16.3 Å². The Labute approximate surface area is 228 Å². The van der Waals surface area contributed by atoms with E-state index in [1.807, 2.05) is 4.90 Å². The third kappa shape index (κ3) is 6.08. The third-order valence-electron chi connectivity index (χ3n) is 7.33. The van der Waals surface area contributed by atoms with Crippen LogP contribution in [-0.2, 0) is 0 Å². The van der Waals surface area contributed by atoms with Crippen LogP contribution < -0.4 is 15.5 Å². The van der Waals surface area contributed by atoms with Gasteiger partial charge in [-0.1, -0.05) is 17.7 Å². The fourth-order valence-corrected chi connectivity index (χ4v) is 5.11. The number of ether oxygens (including phenoxy) is 1. The fraction of sp³-hybridized carbons (Fsp3) is 0.429. The Morgan fingerprint density at radius 3 is 2.59 bits per heavy atom. The van der Waals surface area contributed by atoms with Gasteiger partial charge >= 0.3 is 0 Å². The Bertz CT molecular complexity index is 1460. The van der Waals surface area contributed by atoms with Crippen LogP contribution in [0.1, 0.15) is 41.2 Å². The second kappa shape index (κ2) is 11.2. The molecule has 0 spiro atoms. The zero-order chi connectivity index (χ0) is 27.8. The molecular formula is C28H29ClF3N3O4. The van der Waals surface area contributed by atoms with E-state index in [1.165, 1.54) is 22.9 Å². The third-order valence-corrected chi connectivity index (χ3v) is 7.62. The number of rotatable bonds is 8. The molecule has 2 N–H and O–H groups in total. The number of carbonyl (C=O) groups is 1. The summed E-state index contributed by atoms with van der Waals surface area (Å²) in [5, 5.41) is 13.0. The molecule has 0 radical (unpaired) electrons. The quantitative estimate of drug-likeness (QED) is 0.430. The minimum atomic E-state index is -1.11. The summed E-state index contributed by atoms with van der Waals surface area (Å²) in [6.07, 6.45) is 0.855. The van der Waals surface area contributed by atoms with Crippen molar-refractivity contribution in [1.29, 1.82) is 0 Å². The van der Waals surface area contributed by atoms with Crippen molar-refractivity contribution >= 4 is 28.4 Å². The van der Waals surface area contributed by atoms with Crippen LogP contribution in [0.25, 0.3) is 10.9 Å². The lowest BCUT2D eigenvalue weighted by atomic mass is 10.0. The highest BCUT2D eigenvalue weighted by atomic mass is 35.5. The molecule has 7 nitrogen and oxygen atoms in total. The number of likely N-dealkylation sites (tertiary alicyclic amines) is 1. The first kappa shape index (κ1) is 27.5. The summed E-state index contributed by atoms with van der Waals surface area (Å²) in [6, 6.07) is 6.08. The molecule has 1 saturated heterocycles. The van der Waals surface area contributed by atoms with E-state index < -0.39 is 35.5 Å². The monoisotopic (exact) mass is 563 g/mol. The molecule has 1 aliphatic carbocycles. The van der Waals surface area contributed by atoms with Crippen molar-refractivity contribution in [2.75, 3.05) is 26.2 Å². The molecule has 208 valence electrons. The summed E-state index contributed by atoms with van der Waals surface area (Å²) >= 11 is 5.90. The molecule has 2 aromatic carbocycles. The van der Waals surface area contributed by atoms with Crippen LogP contribution in [0, 0.1) is 18.6 Å². The van der Waals surface area contributed by atoms with E-state index in [0.29, 0.717) is 43.8 Å². The average molecular weight is 564 g/mol. The van der Waals surface area contributed by atoms with Crippen LogP contribution in [0.5, 0.6) is 5.75 Å². The number of hydrogen-bond acceptors (Lipinski definition) is 5. The van der Waals surface area contributed by atoms with Crippen LogP contribution in [-0.4, -0.2) is 65.0 Å². The van der Waals surface area contributed by atoms with Gasteiger partial charge in [-0.05, 0) is 43.5 Å². The lowest BCUT2D eigenvalue weighted by molar-refractivity contribution is 0.0567. The van der Waals surface area contributed by atoms with Crippen LogP contribution >= 0.6 is 11.6 Å². The second-order valence-corrected chi connectivity index (χ2v) is 10.7. The summed E-state index contributed by atoms with van der Waals surface area (Å²) in [4.78, 5) is 28.2. The van der Waals surface area contributed by atoms with Gasteiger partial charge in [0, 0.05) is 49.7 Å². The van der Waals surface area contributed by atoms with Gasteiger partial charge in [-0.3, -0.25) is 9.59 Å². The smallest absolute Gasteiger partial charge is 0.256 e. The number of benzene rings is 2. The first-order valence-corrected chi connectivity index (χ1v) is 13.3. The maximum atomic E-state index is 14.2. The Morgan fingerprint density at radius 2 is 1.92 bits per heavy atom. The fourth-order valence-electron chi connectivity index (χ4n) is 4.95. The molecule has 1 saturated carbocycles. The molecule has 2 aliphatic rings. The Kier molecular flexibility index (Phi) is 7.89. The summed E-state index contributed by atoms with van der Waals surface area (Å²) < 4.78 is 48.7. The molecule has 2 heterocycles. The molecule has 2 fully saturated rings. The number of aliphatic hydroxyl groups excluding tert-OH is 1. The number of aromatic nitrogens is 1. The van der Waals surface area contributed by atoms with E-state index in [9.17, 15) is 27.9 Å². The number of fused-ring (bicyclic) bond motifs is 1. The van der Waals surface area contributed by atoms with Gasteiger partial charge in [-0.15, -0.1) is 0 Å². The van der Waals surface area contributed by atoms with Gasteiger partial charge in [0.25, 0.3) is 5.91 Å². The number of alkyl halides is 1. The molecule has 3 atom stereocenters. The standard InChI is InChI=1S/C28H29ClF3N3O4/c1-15-2-3-18(8-22(15)30)39-14-17(36)12-34-6-4-16(5-7-34)33-28(38)20-13-35(26-11-24(26)32)25-10-21(29)23(31)9-19(25)27(20)37/h2-3,8-10,13,16-17,24,26,36H,4-7,11-12,14H2,1H3,(H,33,38). The molecule has 3 aromatic rings. The largest absolute Gasteiger partial charge is 0.491 e. The molecule has 1 amide bonds. The zero-order valence-corrected chi connectivity index (χ0v) is 22.1. The summed E-state index contributed by atoms with van der Waals surface area (Å²) in [5.41, 5.74) is -0.0130. The van der Waals surface area contributed by atoms with Gasteiger partial charge in [0.2, 0.25) is 5.43 Å². The highest BCUT2D eigenvalue weighted by molar-refractivity contribution is 6.31. The molecule has 5 rings (SSSR count). The number of nitrogens with zero attached hydrogens (tertiary/aromatic N) is 2. The normalized spacial score (nSPS) is 20.7. The first-order chi connectivity index (χ1) is 18.6. The van der Waals surface area contributed by atoms with Crippen molar-refractivity contribution in [1.82, 2.24) is 14.8 Å². The number of piperidine rings is 1. The predicted molar refractivity (Wildman–Crippen MR) is 141 cm³/mol. The summed E-state index contributed by atoms with van der Waals surface area (Å²) in [7, 11) is 0. The molecule has 1 aromatic heterocycles. The van der Waals surface area contributed by atoms with Crippen molar-refractivity contribution in [3.05, 3.63) is 74.5 Å². The molecule has 11 heteroatoms. The Hall–Kier alpha value is -3.08. The molecule has 39 heavy (non-hydrogen) atoms. The Morgan fingerprint density at radius 1 is 1.21 bits per heavy atom. The first-order valence-electron chi connectivity index (χ1n) is 12.9. The number of pyridine rings is 1. The van der Waals surface area contributed by atoms with Crippen LogP contribution in [0.3, 0.4) is 0 Å². The lowest BCUT2D eigenvalue weighted by Gasteiger charge is -2.33. The zero-order valence-electron chi connectivity index (χ0n) is 21.3. The number of nitrogens with one attached hydrogen (secondary N) is 1. The van der Waals surface area contributed by atoms with E-state index in [0.717, 1.165) is 6.07 Å². The van der Waals surface area contributed by atoms with Crippen LogP contribution in [0.4, 0.5) is 13.2 Å². The Balaban J connectivity index is 1.18. The van der Waals surface area contributed by atoms with E-state index in [-0.39, 0.29) is 46.4 Å². The molecule has 0 bridgehead atoms. The summed E-state index contributed by atoms with van der Waals surface area (Å²) in [6.45, 7) is 3.21. The van der Waals surface area contributed by atoms with Gasteiger partial charge in [0.15, 0.2) is 0 Å². The number of aliphatic hydroxyl groups is 1. The number of hydrogen-bond donors (Lipinski definition) is 2. The van der Waals surface area contributed by atoms with Gasteiger partial charge in [0.1, 0.15) is 41.8 Å². The second-order valence-electron chi connectivity index (χ2n) is 10.3. The van der Waals surface area contributed by atoms with E-state index in [2.05, 4.69) is 5.32 Å². The van der Waals surface area contributed by atoms with Crippen molar-refractivity contribution < 1.29 is 27.8 Å². The van der Waals surface area contributed by atoms with Crippen LogP contribution in [0.2, 0.25) is 5.02 Å². The highest BCUT2D eigenvalue weighted by Gasteiger charge is 2.40. The number of β-amino-alcohol motifs (C(OH)–C–C–N with tert-alkyl or cyclic N) is 1. The van der Waals surface area contributed by atoms with Crippen molar-refractivity contribution in [2.45, 2.75) is 50.5 Å². The minimum Gasteiger partial charge on any atom is -0.491 e. The van der Waals surface area contributed by atoms with Crippen molar-refractivity contribution in [3.63, 3.8) is 0 Å². The average Bonchev–Trinajstić information content (AvgIpc) is 3.63. The van der Waals surface area contributed by atoms with Crippen molar-refractivity contribution in [2.24, 2.45) is 0 Å². The highest BCUT2D eigenvalue weighted by Crippen LogP contribution is 2.41. The summed E-state index contributed by atoms with van der Waals surface area (Å²) in [5.74, 6) is -1.41. The van der Waals surface area contributed by atoms with Gasteiger partial charge in [-0.25, -0.2) is 13.2 Å². The van der Waals surface area contributed by atoms with Gasteiger partial charge in [0.05, 0.1) is 16.6 Å². The SMILES string of the molecule is Cc1ccc(OCC(O)CN2CCC(NC(=O)c3cn(C4CC4F)c4cc(Cl)c(F)cc4c3=O)CC2)cc1F. The van der Waals surface area contributed by atoms with E-state index >= 15 is 0 Å². The number of halogens is 4. The lowest BCUT2D eigenvalue weighted by Crippen LogP contribution is -2.47. The topological polar surface area (TPSA) is 83.8 Å². The predicted octanol–water partition coefficient (Wildman–Crippen LogP) is 4.16. The van der Waals surface area contributed by atoms with Gasteiger partial charge < -0.3 is 24.6 Å². The molecular weight excluding hydrogens is 535 g/mol. The molecule has 3 unspecified atom stereocenters. The van der Waals surface area contributed by atoms with Gasteiger partial charge in [-0.2, -0.15) is 0 Å². The number of amides is 1. The maximum Gasteiger partial charge on any atom is 0.256 e. The maximum absolute atomic E-state index is 14.2. The molecule has 1 aliphatic heterocycles. The van der Waals surface area contributed by atoms with E-state index in [1.54, 1.807) is 19.1 Å². The van der Waals surface area contributed by atoms with Crippen molar-refractivity contribution in [3.8, 4) is 5.75 Å². The number of carbonyl (C=O) groups excluding carboxylic acids is 1.